The summed E-state index contributed by atoms with van der Waals surface area (Å²) in [7, 11) is 0. The van der Waals surface area contributed by atoms with Gasteiger partial charge in [0.2, 0.25) is 0 Å². The van der Waals surface area contributed by atoms with Crippen molar-refractivity contribution < 1.29 is 30.0 Å². The van der Waals surface area contributed by atoms with E-state index in [2.05, 4.69) is 30.3 Å². The van der Waals surface area contributed by atoms with Crippen LogP contribution in [0.15, 0.2) is 42.5 Å². The third-order valence-electron chi connectivity index (χ3n) is 4.69. The molecular formula is C21H29Cl2NO6S2. The first-order chi connectivity index (χ1) is 13.6. The minimum Gasteiger partial charge on any atom is -0.479 e. The molecule has 11 heteroatoms. The Bertz CT molecular complexity index is 884. The molecule has 0 aromatic heterocycles. The highest BCUT2D eigenvalue weighted by atomic mass is 35.5. The number of aliphatic hydroxyl groups excluding tert-OH is 2. The van der Waals surface area contributed by atoms with Crippen LogP contribution >= 0.6 is 50.2 Å². The summed E-state index contributed by atoms with van der Waals surface area (Å²) in [5.41, 5.74) is 9.98. The lowest BCUT2D eigenvalue weighted by atomic mass is 9.77. The second-order valence-corrected chi connectivity index (χ2v) is 7.42. The van der Waals surface area contributed by atoms with E-state index in [0.717, 1.165) is 12.8 Å². The summed E-state index contributed by atoms with van der Waals surface area (Å²) in [4.78, 5) is 19.5. The van der Waals surface area contributed by atoms with Gasteiger partial charge < -0.3 is 26.2 Å². The Balaban J connectivity index is 0. The maximum atomic E-state index is 9.77. The zero-order valence-electron chi connectivity index (χ0n) is 16.2. The van der Waals surface area contributed by atoms with Gasteiger partial charge in [-0.15, -0.1) is 0 Å². The van der Waals surface area contributed by atoms with Gasteiger partial charge in [-0.25, -0.2) is 9.59 Å². The maximum Gasteiger partial charge on any atom is 0.335 e. The van der Waals surface area contributed by atoms with E-state index in [1.807, 2.05) is 12.1 Å². The highest BCUT2D eigenvalue weighted by Crippen LogP contribution is 2.41. The molecule has 0 spiro atoms. The number of aliphatic carboxylic acids is 2. The number of benzene rings is 2. The van der Waals surface area contributed by atoms with E-state index in [-0.39, 0.29) is 40.5 Å². The number of rotatable bonds is 4. The number of carboxylic acids is 2. The van der Waals surface area contributed by atoms with Crippen molar-refractivity contribution in [3.8, 4) is 0 Å². The average molecular weight is 527 g/mol. The fourth-order valence-corrected chi connectivity index (χ4v) is 3.48. The van der Waals surface area contributed by atoms with Gasteiger partial charge in [0.1, 0.15) is 0 Å². The molecule has 6 N–H and O–H groups in total. The van der Waals surface area contributed by atoms with Crippen molar-refractivity contribution in [3.63, 3.8) is 0 Å². The topological polar surface area (TPSA) is 141 Å². The Morgan fingerprint density at radius 2 is 1.38 bits per heavy atom. The van der Waals surface area contributed by atoms with E-state index in [0.29, 0.717) is 16.0 Å². The molecule has 1 aliphatic rings. The van der Waals surface area contributed by atoms with Crippen LogP contribution in [0.25, 0.3) is 0 Å². The normalized spacial score (nSPS) is 18.0. The van der Waals surface area contributed by atoms with Gasteiger partial charge in [0, 0.05) is 12.0 Å². The molecule has 4 atom stereocenters. The molecule has 32 heavy (non-hydrogen) atoms. The lowest BCUT2D eigenvalue weighted by molar-refractivity contribution is -0.165. The third kappa shape index (κ3) is 8.15. The first kappa shape index (κ1) is 32.7. The maximum absolute atomic E-state index is 9.77. The van der Waals surface area contributed by atoms with Crippen LogP contribution in [0.4, 0.5) is 0 Å². The van der Waals surface area contributed by atoms with E-state index < -0.39 is 24.1 Å². The van der Waals surface area contributed by atoms with E-state index in [1.54, 1.807) is 0 Å². The van der Waals surface area contributed by atoms with Crippen LogP contribution in [0.1, 0.15) is 48.9 Å². The van der Waals surface area contributed by atoms with Gasteiger partial charge in [0.15, 0.2) is 12.2 Å². The van der Waals surface area contributed by atoms with Crippen molar-refractivity contribution >= 4 is 62.1 Å². The molecule has 180 valence electrons. The summed E-state index contributed by atoms with van der Waals surface area (Å²) >= 11 is 12.1. The molecule has 0 unspecified atom stereocenters. The standard InChI is InChI=1S/C16H15Cl2N.C4H6O6.CH4.2H2S/c17-14-7-5-10(9-15(14)18)11-6-8-16(19)13-4-2-1-3-12(11)13;5-1(3(7)8)2(6)4(9)10;;;/h1-5,7,9,11,16H,6,8,19H2;1-2,5-6H,(H,7,8)(H,9,10);1H4;2*1H2/t11-,16-;1-,2-;;;/m01.../s1. The number of hydrogen-bond donors (Lipinski definition) is 5. The Morgan fingerprint density at radius 3 is 1.84 bits per heavy atom. The fourth-order valence-electron chi connectivity index (χ4n) is 3.17. The van der Waals surface area contributed by atoms with Gasteiger partial charge in [-0.1, -0.05) is 61.0 Å². The smallest absolute Gasteiger partial charge is 0.335 e. The highest BCUT2D eigenvalue weighted by molar-refractivity contribution is 7.59. The van der Waals surface area contributed by atoms with Crippen molar-refractivity contribution in [3.05, 3.63) is 69.2 Å². The van der Waals surface area contributed by atoms with Crippen LogP contribution in [0.5, 0.6) is 0 Å². The van der Waals surface area contributed by atoms with E-state index >= 15 is 0 Å². The largest absolute Gasteiger partial charge is 0.479 e. The number of hydrogen-bond acceptors (Lipinski definition) is 5. The highest BCUT2D eigenvalue weighted by Gasteiger charge is 2.29. The summed E-state index contributed by atoms with van der Waals surface area (Å²) in [6.45, 7) is 0. The minimum atomic E-state index is -2.27. The summed E-state index contributed by atoms with van der Waals surface area (Å²) in [5, 5.41) is 33.7. The predicted molar refractivity (Wildman–Crippen MR) is 136 cm³/mol. The number of fused-ring (bicyclic) bond motifs is 1. The van der Waals surface area contributed by atoms with Crippen molar-refractivity contribution in [1.29, 1.82) is 0 Å². The summed E-state index contributed by atoms with van der Waals surface area (Å²) in [5.74, 6) is -3.17. The molecule has 0 amide bonds. The molecule has 0 heterocycles. The molecule has 0 radical (unpaired) electrons. The van der Waals surface area contributed by atoms with Crippen LogP contribution in [-0.4, -0.2) is 44.6 Å². The molecule has 3 rings (SSSR count). The molecule has 0 saturated heterocycles. The quantitative estimate of drug-likeness (QED) is 0.410. The van der Waals surface area contributed by atoms with Crippen LogP contribution in [0.3, 0.4) is 0 Å². The van der Waals surface area contributed by atoms with Crippen LogP contribution in [-0.2, 0) is 9.59 Å². The zero-order valence-corrected chi connectivity index (χ0v) is 19.7. The van der Waals surface area contributed by atoms with Crippen LogP contribution < -0.4 is 5.73 Å². The third-order valence-corrected chi connectivity index (χ3v) is 5.43. The molecule has 0 saturated carbocycles. The molecule has 0 aliphatic heterocycles. The fraction of sp³-hybridized carbons (Fsp3) is 0.333. The molecule has 2 aromatic rings. The minimum absolute atomic E-state index is 0. The van der Waals surface area contributed by atoms with E-state index in [1.165, 1.54) is 16.7 Å². The number of halogens is 2. The molecule has 2 aromatic carbocycles. The van der Waals surface area contributed by atoms with Crippen LogP contribution in [0, 0.1) is 0 Å². The second-order valence-electron chi connectivity index (χ2n) is 6.61. The van der Waals surface area contributed by atoms with Gasteiger partial charge in [-0.05, 0) is 41.7 Å². The summed E-state index contributed by atoms with van der Waals surface area (Å²) in [6.07, 6.45) is -2.48. The number of aliphatic hydroxyl groups is 2. The summed E-state index contributed by atoms with van der Waals surface area (Å²) in [6, 6.07) is 14.5. The van der Waals surface area contributed by atoms with Crippen molar-refractivity contribution in [2.24, 2.45) is 5.73 Å². The average Bonchev–Trinajstić information content (AvgIpc) is 2.70. The molecule has 1 aliphatic carbocycles. The molecule has 7 nitrogen and oxygen atoms in total. The lowest BCUT2D eigenvalue weighted by Gasteiger charge is -2.30. The monoisotopic (exact) mass is 525 g/mol. The Kier molecular flexibility index (Phi) is 15.0. The molecule has 0 bridgehead atoms. The number of carboxylic acid groups (broad SMARTS) is 2. The van der Waals surface area contributed by atoms with Gasteiger partial charge in [0.25, 0.3) is 0 Å². The summed E-state index contributed by atoms with van der Waals surface area (Å²) < 4.78 is 0. The second kappa shape index (κ2) is 14.6. The SMILES string of the molecule is C.N[C@H]1CC[C@@H](c2ccc(Cl)c(Cl)c2)c2ccccc21.O=C(O)[C@H](O)[C@@H](O)C(=O)O.S.S. The van der Waals surface area contributed by atoms with E-state index in [4.69, 9.17) is 49.4 Å². The molecule has 0 fully saturated rings. The van der Waals surface area contributed by atoms with Gasteiger partial charge in [-0.2, -0.15) is 27.0 Å². The Hall–Kier alpha value is -1.46. The number of carbonyl (C=O) groups is 2. The number of nitrogens with two attached hydrogens (primary N) is 1. The zero-order chi connectivity index (χ0) is 21.7. The Morgan fingerprint density at radius 1 is 0.875 bits per heavy atom. The lowest BCUT2D eigenvalue weighted by Crippen LogP contribution is -2.39. The molecular weight excluding hydrogens is 497 g/mol. The van der Waals surface area contributed by atoms with Crippen LogP contribution in [0.2, 0.25) is 10.0 Å². The Labute approximate surface area is 211 Å². The van der Waals surface area contributed by atoms with Gasteiger partial charge in [0.05, 0.1) is 10.0 Å². The van der Waals surface area contributed by atoms with E-state index in [9.17, 15) is 9.59 Å². The van der Waals surface area contributed by atoms with Crippen molar-refractivity contribution in [1.82, 2.24) is 0 Å². The van der Waals surface area contributed by atoms with Gasteiger partial charge in [-0.3, -0.25) is 0 Å². The first-order valence-electron chi connectivity index (χ1n) is 8.74. The first-order valence-corrected chi connectivity index (χ1v) is 9.50. The van der Waals surface area contributed by atoms with Crippen molar-refractivity contribution in [2.75, 3.05) is 0 Å². The predicted octanol–water partition coefficient (Wildman–Crippen LogP) is 3.66. The van der Waals surface area contributed by atoms with Gasteiger partial charge >= 0.3 is 11.9 Å². The van der Waals surface area contributed by atoms with Crippen molar-refractivity contribution in [2.45, 2.75) is 44.4 Å².